The van der Waals surface area contributed by atoms with Crippen LogP contribution in [0.15, 0.2) is 24.3 Å². The molecule has 1 aromatic rings. The molecule has 74 valence electrons. The second-order valence-corrected chi connectivity index (χ2v) is 3.84. The second-order valence-electron chi connectivity index (χ2n) is 3.84. The molecule has 2 heteroatoms. The molecule has 0 aromatic heterocycles. The fourth-order valence-corrected chi connectivity index (χ4v) is 1.92. The Labute approximate surface area is 82.9 Å². The van der Waals surface area contributed by atoms with Gasteiger partial charge in [0.15, 0.2) is 0 Å². The molecule has 0 heterocycles. The fraction of sp³-hybridized carbons (Fsp3) is 0.417. The van der Waals surface area contributed by atoms with Crippen molar-refractivity contribution in [3.63, 3.8) is 0 Å². The van der Waals surface area contributed by atoms with Crippen LogP contribution in [-0.2, 0) is 0 Å². The molecule has 0 bridgehead atoms. The smallest absolute Gasteiger partial charge is 0.150 e. The maximum atomic E-state index is 12.8. The number of carbonyl (C=O) groups is 1. The summed E-state index contributed by atoms with van der Waals surface area (Å²) < 4.78 is 12.8. The van der Waals surface area contributed by atoms with Crippen LogP contribution in [0.25, 0.3) is 0 Å². The van der Waals surface area contributed by atoms with Gasteiger partial charge in [0, 0.05) is 11.5 Å². The Morgan fingerprint density at radius 2 is 2.14 bits per heavy atom. The van der Waals surface area contributed by atoms with E-state index in [4.69, 9.17) is 0 Å². The summed E-state index contributed by atoms with van der Waals surface area (Å²) in [7, 11) is 0. The molecule has 1 aliphatic rings. The van der Waals surface area contributed by atoms with Gasteiger partial charge in [-0.3, -0.25) is 9.18 Å². The van der Waals surface area contributed by atoms with Crippen LogP contribution in [0, 0.1) is 5.92 Å². The lowest BCUT2D eigenvalue weighted by Gasteiger charge is -2.14. The molecule has 1 nitrogen and oxygen atoms in total. The first kappa shape index (κ1) is 9.38. The molecule has 1 unspecified atom stereocenters. The molecule has 1 saturated carbocycles. The summed E-state index contributed by atoms with van der Waals surface area (Å²) in [5.41, 5.74) is 1.52. The molecule has 0 saturated heterocycles. The molecular weight excluding hydrogens is 179 g/mol. The van der Waals surface area contributed by atoms with Crippen molar-refractivity contribution in [1.82, 2.24) is 0 Å². The number of hydrogen-bond acceptors (Lipinski definition) is 1. The van der Waals surface area contributed by atoms with Crippen LogP contribution in [0.4, 0.5) is 4.39 Å². The van der Waals surface area contributed by atoms with Crippen LogP contribution >= 0.6 is 0 Å². The Morgan fingerprint density at radius 3 is 2.71 bits per heavy atom. The lowest BCUT2D eigenvalue weighted by molar-refractivity contribution is 0.112. The summed E-state index contributed by atoms with van der Waals surface area (Å²) in [6.45, 7) is -0.352. The lowest BCUT2D eigenvalue weighted by Crippen LogP contribution is -2.06. The lowest BCUT2D eigenvalue weighted by atomic mass is 9.92. The van der Waals surface area contributed by atoms with Gasteiger partial charge in [0.05, 0.1) is 6.67 Å². The van der Waals surface area contributed by atoms with Crippen molar-refractivity contribution in [2.45, 2.75) is 18.8 Å². The Balaban J connectivity index is 2.32. The Morgan fingerprint density at radius 1 is 1.43 bits per heavy atom. The predicted octanol–water partition coefficient (Wildman–Crippen LogP) is 2.96. The van der Waals surface area contributed by atoms with E-state index in [0.29, 0.717) is 11.5 Å². The first-order chi connectivity index (χ1) is 6.86. The number of halogens is 1. The highest BCUT2D eigenvalue weighted by molar-refractivity contribution is 5.77. The quantitative estimate of drug-likeness (QED) is 0.670. The highest BCUT2D eigenvalue weighted by Crippen LogP contribution is 2.43. The number of carbonyl (C=O) groups excluding carboxylic acids is 1. The minimum atomic E-state index is -0.352. The van der Waals surface area contributed by atoms with Gasteiger partial charge in [0.2, 0.25) is 0 Å². The molecule has 0 radical (unpaired) electrons. The monoisotopic (exact) mass is 192 g/mol. The molecule has 2 rings (SSSR count). The van der Waals surface area contributed by atoms with E-state index in [1.165, 1.54) is 0 Å². The average Bonchev–Trinajstić information content (AvgIpc) is 3.04. The number of alkyl halides is 1. The van der Waals surface area contributed by atoms with Gasteiger partial charge in [-0.15, -0.1) is 0 Å². The highest BCUT2D eigenvalue weighted by atomic mass is 19.1. The van der Waals surface area contributed by atoms with E-state index in [1.807, 2.05) is 18.2 Å². The van der Waals surface area contributed by atoms with Gasteiger partial charge in [-0.1, -0.05) is 24.3 Å². The third-order valence-electron chi connectivity index (χ3n) is 2.88. The SMILES string of the molecule is O=Cc1ccccc1C(CF)C1CC1. The van der Waals surface area contributed by atoms with Crippen molar-refractivity contribution in [2.75, 3.05) is 6.67 Å². The first-order valence-corrected chi connectivity index (χ1v) is 4.97. The normalized spacial score (nSPS) is 17.8. The Kier molecular flexibility index (Phi) is 2.62. The van der Waals surface area contributed by atoms with Crippen LogP contribution in [0.3, 0.4) is 0 Å². The van der Waals surface area contributed by atoms with Gasteiger partial charge in [0.1, 0.15) is 6.29 Å². The van der Waals surface area contributed by atoms with Gasteiger partial charge in [-0.25, -0.2) is 0 Å². The molecule has 0 amide bonds. The number of benzene rings is 1. The van der Waals surface area contributed by atoms with Crippen molar-refractivity contribution in [3.05, 3.63) is 35.4 Å². The van der Waals surface area contributed by atoms with E-state index in [1.54, 1.807) is 6.07 Å². The summed E-state index contributed by atoms with van der Waals surface area (Å²) >= 11 is 0. The van der Waals surface area contributed by atoms with Crippen molar-refractivity contribution in [1.29, 1.82) is 0 Å². The molecule has 0 spiro atoms. The Hall–Kier alpha value is -1.18. The van der Waals surface area contributed by atoms with E-state index < -0.39 is 0 Å². The van der Waals surface area contributed by atoms with Crippen LogP contribution in [0.5, 0.6) is 0 Å². The molecule has 14 heavy (non-hydrogen) atoms. The average molecular weight is 192 g/mol. The van der Waals surface area contributed by atoms with Gasteiger partial charge in [-0.2, -0.15) is 0 Å². The van der Waals surface area contributed by atoms with E-state index >= 15 is 0 Å². The van der Waals surface area contributed by atoms with Gasteiger partial charge in [-0.05, 0) is 24.3 Å². The topological polar surface area (TPSA) is 17.1 Å². The van der Waals surface area contributed by atoms with Crippen LogP contribution in [0.2, 0.25) is 0 Å². The fourth-order valence-electron chi connectivity index (χ4n) is 1.92. The van der Waals surface area contributed by atoms with Gasteiger partial charge in [0.25, 0.3) is 0 Å². The third-order valence-corrected chi connectivity index (χ3v) is 2.88. The zero-order chi connectivity index (χ0) is 9.97. The highest BCUT2D eigenvalue weighted by Gasteiger charge is 2.33. The maximum Gasteiger partial charge on any atom is 0.150 e. The van der Waals surface area contributed by atoms with Crippen molar-refractivity contribution >= 4 is 6.29 Å². The van der Waals surface area contributed by atoms with Crippen molar-refractivity contribution in [2.24, 2.45) is 5.92 Å². The summed E-state index contributed by atoms with van der Waals surface area (Å²) in [6.07, 6.45) is 3.02. The molecule has 1 fully saturated rings. The standard InChI is InChI=1S/C12H13FO/c13-7-12(9-5-6-9)11-4-2-1-3-10(11)8-14/h1-4,8-9,12H,5-7H2. The number of hydrogen-bond donors (Lipinski definition) is 0. The molecular formula is C12H13FO. The summed E-state index contributed by atoms with van der Waals surface area (Å²) in [5.74, 6) is 0.400. The Bertz CT molecular complexity index is 331. The van der Waals surface area contributed by atoms with Crippen molar-refractivity contribution in [3.8, 4) is 0 Å². The molecule has 0 aliphatic heterocycles. The van der Waals surface area contributed by atoms with E-state index in [9.17, 15) is 9.18 Å². The summed E-state index contributed by atoms with van der Waals surface area (Å²) in [4.78, 5) is 10.8. The third kappa shape index (κ3) is 1.69. The van der Waals surface area contributed by atoms with Crippen LogP contribution in [0.1, 0.15) is 34.7 Å². The van der Waals surface area contributed by atoms with E-state index in [0.717, 1.165) is 24.7 Å². The molecule has 0 N–H and O–H groups in total. The molecule has 1 atom stereocenters. The van der Waals surface area contributed by atoms with Gasteiger partial charge < -0.3 is 0 Å². The zero-order valence-corrected chi connectivity index (χ0v) is 7.95. The minimum Gasteiger partial charge on any atom is -0.298 e. The second kappa shape index (κ2) is 3.91. The zero-order valence-electron chi connectivity index (χ0n) is 7.95. The summed E-state index contributed by atoms with van der Waals surface area (Å²) in [6, 6.07) is 7.31. The van der Waals surface area contributed by atoms with E-state index in [2.05, 4.69) is 0 Å². The van der Waals surface area contributed by atoms with Gasteiger partial charge >= 0.3 is 0 Å². The molecule has 1 aromatic carbocycles. The first-order valence-electron chi connectivity index (χ1n) is 4.97. The predicted molar refractivity (Wildman–Crippen MR) is 53.3 cm³/mol. The summed E-state index contributed by atoms with van der Waals surface area (Å²) in [5, 5.41) is 0. The molecule has 1 aliphatic carbocycles. The van der Waals surface area contributed by atoms with Crippen LogP contribution < -0.4 is 0 Å². The largest absolute Gasteiger partial charge is 0.298 e. The number of aldehydes is 1. The van der Waals surface area contributed by atoms with Crippen molar-refractivity contribution < 1.29 is 9.18 Å². The number of rotatable bonds is 4. The maximum absolute atomic E-state index is 12.8. The van der Waals surface area contributed by atoms with Crippen LogP contribution in [-0.4, -0.2) is 13.0 Å². The van der Waals surface area contributed by atoms with E-state index in [-0.39, 0.29) is 12.6 Å². The minimum absolute atomic E-state index is 0.0589.